The molecule has 1 aliphatic rings. The summed E-state index contributed by atoms with van der Waals surface area (Å²) in [5, 5.41) is 12.3. The van der Waals surface area contributed by atoms with Crippen molar-refractivity contribution in [1.29, 1.82) is 0 Å². The Labute approximate surface area is 153 Å². The molecule has 134 valence electrons. The van der Waals surface area contributed by atoms with Gasteiger partial charge in [0, 0.05) is 18.7 Å². The van der Waals surface area contributed by atoms with Gasteiger partial charge in [-0.05, 0) is 37.1 Å². The minimum Gasteiger partial charge on any atom is -0.368 e. The van der Waals surface area contributed by atoms with E-state index in [0.29, 0.717) is 29.1 Å². The molecule has 1 aromatic carbocycles. The number of benzene rings is 1. The quantitative estimate of drug-likeness (QED) is 0.636. The van der Waals surface area contributed by atoms with Crippen molar-refractivity contribution in [2.75, 3.05) is 11.1 Å². The molecule has 0 saturated heterocycles. The molecule has 26 heavy (non-hydrogen) atoms. The van der Waals surface area contributed by atoms with Crippen LogP contribution in [0.25, 0.3) is 0 Å². The Morgan fingerprint density at radius 2 is 1.96 bits per heavy atom. The number of anilines is 3. The van der Waals surface area contributed by atoms with E-state index in [1.807, 2.05) is 11.6 Å². The summed E-state index contributed by atoms with van der Waals surface area (Å²) in [6.45, 7) is 0. The van der Waals surface area contributed by atoms with Gasteiger partial charge in [-0.1, -0.05) is 11.8 Å². The van der Waals surface area contributed by atoms with Crippen LogP contribution in [0.5, 0.6) is 0 Å². The minimum atomic E-state index is -0.308. The molecule has 1 aliphatic carbocycles. The molecule has 4 rings (SSSR count). The zero-order valence-electron chi connectivity index (χ0n) is 14.1. The van der Waals surface area contributed by atoms with Crippen LogP contribution in [0.2, 0.25) is 0 Å². The van der Waals surface area contributed by atoms with Gasteiger partial charge in [-0.15, -0.1) is 10.2 Å². The Bertz CT molecular complexity index is 922. The highest BCUT2D eigenvalue weighted by atomic mass is 32.2. The number of nitrogens with zero attached hydrogens (tertiary/aromatic N) is 6. The lowest BCUT2D eigenvalue weighted by Crippen LogP contribution is -2.07. The fourth-order valence-electron chi connectivity index (χ4n) is 2.50. The molecule has 2 aromatic heterocycles. The van der Waals surface area contributed by atoms with Gasteiger partial charge in [0.05, 0.1) is 5.75 Å². The molecule has 0 radical (unpaired) electrons. The summed E-state index contributed by atoms with van der Waals surface area (Å²) in [5.41, 5.74) is 6.45. The van der Waals surface area contributed by atoms with Crippen LogP contribution in [0, 0.1) is 5.82 Å². The van der Waals surface area contributed by atoms with Crippen LogP contribution in [0.15, 0.2) is 29.4 Å². The van der Waals surface area contributed by atoms with Crippen molar-refractivity contribution < 1.29 is 4.39 Å². The topological polar surface area (TPSA) is 107 Å². The number of hydrogen-bond acceptors (Lipinski definition) is 8. The normalized spacial score (nSPS) is 13.8. The van der Waals surface area contributed by atoms with Crippen LogP contribution in [-0.2, 0) is 12.8 Å². The van der Waals surface area contributed by atoms with E-state index in [9.17, 15) is 4.39 Å². The third-order valence-corrected chi connectivity index (χ3v) is 4.96. The molecule has 0 unspecified atom stereocenters. The van der Waals surface area contributed by atoms with Crippen molar-refractivity contribution >= 4 is 29.3 Å². The Hall–Kier alpha value is -2.75. The van der Waals surface area contributed by atoms with Gasteiger partial charge >= 0.3 is 0 Å². The molecule has 0 spiro atoms. The van der Waals surface area contributed by atoms with Gasteiger partial charge in [0.1, 0.15) is 17.5 Å². The predicted octanol–water partition coefficient (Wildman–Crippen LogP) is 2.63. The Morgan fingerprint density at radius 1 is 1.19 bits per heavy atom. The molecule has 2 heterocycles. The second-order valence-corrected chi connectivity index (χ2v) is 6.97. The second kappa shape index (κ2) is 6.87. The molecular weight excluding hydrogens is 355 g/mol. The maximum atomic E-state index is 13.0. The number of rotatable bonds is 6. The zero-order chi connectivity index (χ0) is 18.1. The van der Waals surface area contributed by atoms with E-state index < -0.39 is 0 Å². The van der Waals surface area contributed by atoms with Crippen LogP contribution >= 0.6 is 11.8 Å². The summed E-state index contributed by atoms with van der Waals surface area (Å²) >= 11 is 1.50. The molecule has 3 aromatic rings. The van der Waals surface area contributed by atoms with Crippen LogP contribution in [-0.4, -0.2) is 29.7 Å². The van der Waals surface area contributed by atoms with Gasteiger partial charge in [-0.2, -0.15) is 15.0 Å². The lowest BCUT2D eigenvalue weighted by atomic mass is 10.3. The average molecular weight is 372 g/mol. The number of aromatic nitrogens is 6. The van der Waals surface area contributed by atoms with Gasteiger partial charge in [-0.3, -0.25) is 0 Å². The standard InChI is InChI=1S/C16H17FN8S/c1-25-13(9-2-3-9)23-24-16(25)26-8-12-20-14(18)22-15(21-12)19-11-6-4-10(17)5-7-11/h4-7,9H,2-3,8H2,1H3,(H3,18,19,20,21,22). The van der Waals surface area contributed by atoms with E-state index in [1.54, 1.807) is 12.1 Å². The highest BCUT2D eigenvalue weighted by Crippen LogP contribution is 2.39. The molecule has 10 heteroatoms. The molecule has 0 bridgehead atoms. The lowest BCUT2D eigenvalue weighted by molar-refractivity contribution is 0.628. The minimum absolute atomic E-state index is 0.122. The summed E-state index contributed by atoms with van der Waals surface area (Å²) in [7, 11) is 1.97. The molecule has 0 aliphatic heterocycles. The summed E-state index contributed by atoms with van der Waals surface area (Å²) in [6.07, 6.45) is 2.36. The number of nitrogen functional groups attached to an aromatic ring is 1. The largest absolute Gasteiger partial charge is 0.368 e. The fraction of sp³-hybridized carbons (Fsp3) is 0.312. The van der Waals surface area contributed by atoms with E-state index in [4.69, 9.17) is 5.73 Å². The van der Waals surface area contributed by atoms with Gasteiger partial charge < -0.3 is 15.6 Å². The summed E-state index contributed by atoms with van der Waals surface area (Å²) in [4.78, 5) is 12.6. The Morgan fingerprint density at radius 3 is 2.69 bits per heavy atom. The van der Waals surface area contributed by atoms with Crippen LogP contribution in [0.4, 0.5) is 22.0 Å². The van der Waals surface area contributed by atoms with Crippen molar-refractivity contribution in [3.05, 3.63) is 41.7 Å². The van der Waals surface area contributed by atoms with Gasteiger partial charge in [-0.25, -0.2) is 4.39 Å². The first-order valence-corrected chi connectivity index (χ1v) is 9.12. The first-order chi connectivity index (χ1) is 12.6. The van der Waals surface area contributed by atoms with Gasteiger partial charge in [0.15, 0.2) is 5.16 Å². The first-order valence-electron chi connectivity index (χ1n) is 8.13. The van der Waals surface area contributed by atoms with Crippen molar-refractivity contribution in [3.8, 4) is 0 Å². The molecule has 0 atom stereocenters. The van der Waals surface area contributed by atoms with Crippen molar-refractivity contribution in [2.45, 2.75) is 29.7 Å². The highest BCUT2D eigenvalue weighted by Gasteiger charge is 2.29. The maximum absolute atomic E-state index is 13.0. The van der Waals surface area contributed by atoms with Crippen LogP contribution < -0.4 is 11.1 Å². The molecule has 1 saturated carbocycles. The first kappa shape index (κ1) is 16.7. The van der Waals surface area contributed by atoms with Crippen molar-refractivity contribution in [3.63, 3.8) is 0 Å². The monoisotopic (exact) mass is 372 g/mol. The summed E-state index contributed by atoms with van der Waals surface area (Å²) in [6, 6.07) is 5.91. The molecule has 0 amide bonds. The number of thioether (sulfide) groups is 1. The molecule has 8 nitrogen and oxygen atoms in total. The highest BCUT2D eigenvalue weighted by molar-refractivity contribution is 7.98. The molecule has 1 fully saturated rings. The number of hydrogen-bond donors (Lipinski definition) is 2. The third kappa shape index (κ3) is 3.74. The van der Waals surface area contributed by atoms with Crippen LogP contribution in [0.3, 0.4) is 0 Å². The SMILES string of the molecule is Cn1c(SCc2nc(N)nc(Nc3ccc(F)cc3)n2)nnc1C1CC1. The van der Waals surface area contributed by atoms with E-state index in [0.717, 1.165) is 11.0 Å². The zero-order valence-corrected chi connectivity index (χ0v) is 14.9. The van der Waals surface area contributed by atoms with Crippen molar-refractivity contribution in [2.24, 2.45) is 7.05 Å². The maximum Gasteiger partial charge on any atom is 0.232 e. The van der Waals surface area contributed by atoms with E-state index in [-0.39, 0.29) is 11.8 Å². The van der Waals surface area contributed by atoms with Crippen molar-refractivity contribution in [1.82, 2.24) is 29.7 Å². The lowest BCUT2D eigenvalue weighted by Gasteiger charge is -2.07. The van der Waals surface area contributed by atoms with E-state index in [1.165, 1.54) is 36.7 Å². The summed E-state index contributed by atoms with van der Waals surface area (Å²) < 4.78 is 15.0. The average Bonchev–Trinajstić information content (AvgIpc) is 3.38. The van der Waals surface area contributed by atoms with E-state index in [2.05, 4.69) is 30.5 Å². The van der Waals surface area contributed by atoms with Crippen LogP contribution in [0.1, 0.15) is 30.4 Å². The Kier molecular flexibility index (Phi) is 4.41. The molecule has 3 N–H and O–H groups in total. The fourth-order valence-corrected chi connectivity index (χ4v) is 3.27. The number of nitrogens with two attached hydrogens (primary N) is 1. The number of halogens is 1. The van der Waals surface area contributed by atoms with Gasteiger partial charge in [0.2, 0.25) is 11.9 Å². The second-order valence-electron chi connectivity index (χ2n) is 6.03. The third-order valence-electron chi connectivity index (χ3n) is 3.94. The molecular formula is C16H17FN8S. The Balaban J connectivity index is 1.46. The smallest absolute Gasteiger partial charge is 0.232 e. The summed E-state index contributed by atoms with van der Waals surface area (Å²) in [5.74, 6) is 2.72. The predicted molar refractivity (Wildman–Crippen MR) is 96.5 cm³/mol. The van der Waals surface area contributed by atoms with E-state index >= 15 is 0 Å². The van der Waals surface area contributed by atoms with Gasteiger partial charge in [0.25, 0.3) is 0 Å². The number of nitrogens with one attached hydrogen (secondary N) is 1.